The molecular formula is C30H47N5O5S. The molecule has 1 saturated carbocycles. The van der Waals surface area contributed by atoms with Crippen LogP contribution >= 0.6 is 11.8 Å². The summed E-state index contributed by atoms with van der Waals surface area (Å²) in [6.07, 6.45) is 12.7. The Kier molecular flexibility index (Phi) is 13.2. The van der Waals surface area contributed by atoms with Crippen LogP contribution in [0.3, 0.4) is 0 Å². The second-order valence-corrected chi connectivity index (χ2v) is 13.8. The highest BCUT2D eigenvalue weighted by molar-refractivity contribution is 8.00. The number of thioether (sulfide) groups is 1. The van der Waals surface area contributed by atoms with Gasteiger partial charge in [-0.1, -0.05) is 53.0 Å². The maximum atomic E-state index is 13.3. The molecule has 1 heterocycles. The lowest BCUT2D eigenvalue weighted by molar-refractivity contribution is -0.142. The molecule has 1 aliphatic heterocycles. The molecule has 5 amide bonds. The van der Waals surface area contributed by atoms with Crippen molar-refractivity contribution in [2.75, 3.05) is 25.4 Å². The number of carbonyl (C=O) groups excluding carboxylic acids is 5. The number of Topliss-reactive ketones (excluding diaryl/α,β-unsaturated/α-hetero) is 1. The van der Waals surface area contributed by atoms with E-state index < -0.39 is 35.7 Å². The van der Waals surface area contributed by atoms with E-state index in [1.54, 1.807) is 0 Å². The first-order valence-electron chi connectivity index (χ1n) is 14.5. The van der Waals surface area contributed by atoms with Crippen LogP contribution in [-0.4, -0.2) is 82.2 Å². The molecule has 2 fully saturated rings. The van der Waals surface area contributed by atoms with Gasteiger partial charge in [-0.3, -0.25) is 19.2 Å². The van der Waals surface area contributed by atoms with Crippen molar-refractivity contribution < 1.29 is 24.0 Å². The quantitative estimate of drug-likeness (QED) is 0.148. The Hall–Kier alpha value is -3.00. The highest BCUT2D eigenvalue weighted by Crippen LogP contribution is 2.35. The summed E-state index contributed by atoms with van der Waals surface area (Å²) in [5.74, 6) is 0.487. The highest BCUT2D eigenvalue weighted by Gasteiger charge is 2.41. The number of carbonyl (C=O) groups is 5. The number of nitrogens with one attached hydrogen (secondary N) is 4. The molecule has 0 aromatic heterocycles. The van der Waals surface area contributed by atoms with Crippen molar-refractivity contribution in [3.8, 4) is 12.3 Å². The molecule has 1 aliphatic carbocycles. The van der Waals surface area contributed by atoms with Gasteiger partial charge in [0.2, 0.25) is 17.6 Å². The first kappa shape index (κ1) is 34.2. The van der Waals surface area contributed by atoms with Crippen molar-refractivity contribution in [2.24, 2.45) is 5.92 Å². The summed E-state index contributed by atoms with van der Waals surface area (Å²) in [6.45, 7) is 12.0. The van der Waals surface area contributed by atoms with E-state index in [0.29, 0.717) is 13.0 Å². The van der Waals surface area contributed by atoms with Crippen molar-refractivity contribution in [3.63, 3.8) is 0 Å². The number of ketones is 1. The van der Waals surface area contributed by atoms with Crippen molar-refractivity contribution in [3.05, 3.63) is 12.7 Å². The smallest absolute Gasteiger partial charge is 0.315 e. The average Bonchev–Trinajstić information content (AvgIpc) is 3.32. The fraction of sp³-hybridized carbons (Fsp3) is 0.700. The molecule has 41 heavy (non-hydrogen) atoms. The third-order valence-electron chi connectivity index (χ3n) is 7.50. The molecule has 3 unspecified atom stereocenters. The Morgan fingerprint density at radius 1 is 1.15 bits per heavy atom. The molecule has 10 nitrogen and oxygen atoms in total. The number of hydrogen-bond acceptors (Lipinski definition) is 6. The van der Waals surface area contributed by atoms with E-state index in [4.69, 9.17) is 6.42 Å². The zero-order valence-electron chi connectivity index (χ0n) is 25.0. The Labute approximate surface area is 249 Å². The lowest BCUT2D eigenvalue weighted by Gasteiger charge is -2.39. The van der Waals surface area contributed by atoms with Crippen LogP contribution in [0.25, 0.3) is 0 Å². The van der Waals surface area contributed by atoms with E-state index in [0.717, 1.165) is 37.9 Å². The van der Waals surface area contributed by atoms with Crippen LogP contribution in [0, 0.1) is 18.3 Å². The number of nitrogens with zero attached hydrogens (tertiary/aromatic N) is 1. The van der Waals surface area contributed by atoms with Gasteiger partial charge < -0.3 is 26.2 Å². The molecule has 4 N–H and O–H groups in total. The number of urea groups is 1. The summed E-state index contributed by atoms with van der Waals surface area (Å²) < 4.78 is 0.0699. The number of amides is 5. The van der Waals surface area contributed by atoms with E-state index in [2.05, 4.69) is 54.5 Å². The van der Waals surface area contributed by atoms with E-state index in [1.807, 2.05) is 18.7 Å². The number of likely N-dealkylation sites (tertiary alicyclic amines) is 1. The number of rotatable bonds is 13. The van der Waals surface area contributed by atoms with Crippen molar-refractivity contribution in [1.82, 2.24) is 26.2 Å². The first-order valence-corrected chi connectivity index (χ1v) is 15.5. The molecule has 0 aromatic carbocycles. The molecule has 0 bridgehead atoms. The van der Waals surface area contributed by atoms with Crippen molar-refractivity contribution in [2.45, 2.75) is 101 Å². The second-order valence-electron chi connectivity index (χ2n) is 12.0. The first-order chi connectivity index (χ1) is 19.3. The van der Waals surface area contributed by atoms with Crippen LogP contribution in [0.15, 0.2) is 12.7 Å². The van der Waals surface area contributed by atoms with Gasteiger partial charge in [0.1, 0.15) is 6.04 Å². The molecule has 11 heteroatoms. The third kappa shape index (κ3) is 10.7. The van der Waals surface area contributed by atoms with Crippen LogP contribution in [0.5, 0.6) is 0 Å². The van der Waals surface area contributed by atoms with Crippen molar-refractivity contribution in [1.29, 1.82) is 0 Å². The lowest BCUT2D eigenvalue weighted by Crippen LogP contribution is -2.57. The van der Waals surface area contributed by atoms with E-state index in [-0.39, 0.29) is 48.0 Å². The minimum atomic E-state index is -1.12. The van der Waals surface area contributed by atoms with Gasteiger partial charge in [-0.25, -0.2) is 4.79 Å². The molecule has 1 saturated heterocycles. The molecule has 2 aliphatic rings. The van der Waals surface area contributed by atoms with Crippen LogP contribution in [0.1, 0.15) is 79.1 Å². The molecule has 0 aromatic rings. The predicted molar refractivity (Wildman–Crippen MR) is 162 cm³/mol. The van der Waals surface area contributed by atoms with Gasteiger partial charge in [-0.15, -0.1) is 18.9 Å². The molecular weight excluding hydrogens is 542 g/mol. The zero-order chi connectivity index (χ0) is 30.6. The zero-order valence-corrected chi connectivity index (χ0v) is 25.8. The number of terminal acetylenes is 1. The SMILES string of the molecule is C#CCCC(NC(=O)C1C(C)CCN1C(=O)CNC(=O)NC1(CSC(C)(C)C)CCCCC1)C(=O)C(=O)NCC=C. The van der Waals surface area contributed by atoms with Gasteiger partial charge in [-0.2, -0.15) is 11.8 Å². The molecule has 228 valence electrons. The highest BCUT2D eigenvalue weighted by atomic mass is 32.2. The molecule has 0 spiro atoms. The maximum absolute atomic E-state index is 13.3. The normalized spacial score (nSPS) is 20.7. The van der Waals surface area contributed by atoms with Gasteiger partial charge in [0.25, 0.3) is 5.91 Å². The summed E-state index contributed by atoms with van der Waals surface area (Å²) in [6, 6.07) is -2.35. The second kappa shape index (κ2) is 15.9. The van der Waals surface area contributed by atoms with Gasteiger partial charge in [0.15, 0.2) is 0 Å². The van der Waals surface area contributed by atoms with Gasteiger partial charge in [-0.05, 0) is 31.6 Å². The van der Waals surface area contributed by atoms with Gasteiger partial charge >= 0.3 is 6.03 Å². The number of hydrogen-bond donors (Lipinski definition) is 4. The fourth-order valence-electron chi connectivity index (χ4n) is 5.22. The lowest BCUT2D eigenvalue weighted by atomic mass is 9.83. The van der Waals surface area contributed by atoms with Crippen LogP contribution in [0.2, 0.25) is 0 Å². The third-order valence-corrected chi connectivity index (χ3v) is 9.06. The van der Waals surface area contributed by atoms with E-state index >= 15 is 0 Å². The predicted octanol–water partition coefficient (Wildman–Crippen LogP) is 2.53. The van der Waals surface area contributed by atoms with Crippen LogP contribution in [-0.2, 0) is 19.2 Å². The summed E-state index contributed by atoms with van der Waals surface area (Å²) in [7, 11) is 0. The Morgan fingerprint density at radius 2 is 1.83 bits per heavy atom. The summed E-state index contributed by atoms with van der Waals surface area (Å²) in [4.78, 5) is 65.8. The van der Waals surface area contributed by atoms with Gasteiger partial charge in [0, 0.05) is 30.0 Å². The Balaban J connectivity index is 2.02. The molecule has 0 radical (unpaired) electrons. The summed E-state index contributed by atoms with van der Waals surface area (Å²) >= 11 is 1.82. The average molecular weight is 590 g/mol. The largest absolute Gasteiger partial charge is 0.346 e. The van der Waals surface area contributed by atoms with Gasteiger partial charge in [0.05, 0.1) is 18.1 Å². The summed E-state index contributed by atoms with van der Waals surface area (Å²) in [5.41, 5.74) is -0.314. The van der Waals surface area contributed by atoms with Crippen LogP contribution < -0.4 is 21.3 Å². The Bertz CT molecular complexity index is 1010. The molecule has 3 atom stereocenters. The standard InChI is InChI=1S/C30H47N5O5S/c1-7-9-13-22(25(37)27(39)31-17-8-2)33-26(38)24-21(3)14-18-35(24)23(36)19-32-28(40)34-30(15-11-10-12-16-30)20-41-29(4,5)6/h1,8,21-22,24H,2,9-20H2,3-6H3,(H,31,39)(H,33,38)(H2,32,34,40). The molecule has 2 rings (SSSR count). The Morgan fingerprint density at radius 3 is 2.44 bits per heavy atom. The minimum absolute atomic E-state index is 0.0699. The van der Waals surface area contributed by atoms with Crippen molar-refractivity contribution >= 4 is 41.3 Å². The summed E-state index contributed by atoms with van der Waals surface area (Å²) in [5, 5.41) is 10.9. The topological polar surface area (TPSA) is 137 Å². The fourth-order valence-corrected chi connectivity index (χ4v) is 6.29. The van der Waals surface area contributed by atoms with E-state index in [1.165, 1.54) is 11.0 Å². The van der Waals surface area contributed by atoms with E-state index in [9.17, 15) is 24.0 Å². The van der Waals surface area contributed by atoms with Crippen LogP contribution in [0.4, 0.5) is 4.79 Å². The monoisotopic (exact) mass is 589 g/mol. The maximum Gasteiger partial charge on any atom is 0.315 e. The minimum Gasteiger partial charge on any atom is -0.346 e.